The zero-order valence-electron chi connectivity index (χ0n) is 29.5. The zero-order valence-corrected chi connectivity index (χ0v) is 31.1. The number of rotatable bonds is 15. The molecule has 0 radical (unpaired) electrons. The van der Waals surface area contributed by atoms with Crippen LogP contribution in [0.3, 0.4) is 0 Å². The van der Waals surface area contributed by atoms with E-state index in [0.717, 1.165) is 29.0 Å². The van der Waals surface area contributed by atoms with Crippen LogP contribution in [-0.2, 0) is 23.8 Å². The molecule has 2 fully saturated rings. The first-order valence-electron chi connectivity index (χ1n) is 17.2. The van der Waals surface area contributed by atoms with Crippen molar-refractivity contribution in [3.05, 3.63) is 36.4 Å². The number of hydrogen-bond acceptors (Lipinski definition) is 13. The average Bonchev–Trinajstić information content (AvgIpc) is 3.99. The molecule has 4 atom stereocenters. The summed E-state index contributed by atoms with van der Waals surface area (Å²) in [6.07, 6.45) is 8.68. The Bertz CT molecular complexity index is 1890. The van der Waals surface area contributed by atoms with Gasteiger partial charge in [0.2, 0.25) is 11.8 Å². The predicted octanol–water partition coefficient (Wildman–Crippen LogP) is 3.81. The van der Waals surface area contributed by atoms with Crippen molar-refractivity contribution in [3.63, 3.8) is 0 Å². The normalized spacial score (nSPS) is 18.2. The maximum absolute atomic E-state index is 13.5. The van der Waals surface area contributed by atoms with Crippen LogP contribution in [0.2, 0.25) is 0 Å². The van der Waals surface area contributed by atoms with E-state index in [1.54, 1.807) is 41.7 Å². The lowest BCUT2D eigenvalue weighted by Gasteiger charge is -2.28. The molecule has 0 bridgehead atoms. The molecule has 0 saturated carbocycles. The molecule has 6 heterocycles. The molecule has 6 rings (SSSR count). The van der Waals surface area contributed by atoms with E-state index in [2.05, 4.69) is 30.6 Å². The zero-order chi connectivity index (χ0) is 37.5. The number of hydrogen-bond donors (Lipinski definition) is 5. The number of carbonyl (C=O) groups is 4. The van der Waals surface area contributed by atoms with Crippen molar-refractivity contribution in [3.8, 4) is 31.2 Å². The lowest BCUT2D eigenvalue weighted by atomic mass is 10.1. The molecule has 2 aliphatic heterocycles. The van der Waals surface area contributed by atoms with Crippen LogP contribution in [0, 0.1) is 0 Å². The number of nitrogens with zero attached hydrogens (tertiary/aromatic N) is 6. The van der Waals surface area contributed by atoms with E-state index < -0.39 is 24.3 Å². The molecule has 5 N–H and O–H groups in total. The number of alkyl carbamates (subject to hydrolysis) is 1. The number of amides is 4. The van der Waals surface area contributed by atoms with Crippen LogP contribution < -0.4 is 10.6 Å². The van der Waals surface area contributed by atoms with Gasteiger partial charge in [-0.15, -0.1) is 22.7 Å². The number of nitrogens with one attached hydrogen (secondary N) is 4. The highest BCUT2D eigenvalue weighted by atomic mass is 32.1. The minimum atomic E-state index is -1.26. The lowest BCUT2D eigenvalue weighted by Crippen LogP contribution is -2.49. The monoisotopic (exact) mass is 770 g/mol. The summed E-state index contributed by atoms with van der Waals surface area (Å²) in [5, 5.41) is 15.6. The van der Waals surface area contributed by atoms with E-state index >= 15 is 0 Å². The van der Waals surface area contributed by atoms with Crippen molar-refractivity contribution in [1.29, 1.82) is 0 Å². The first-order chi connectivity index (χ1) is 25.7. The van der Waals surface area contributed by atoms with Gasteiger partial charge in [0.25, 0.3) is 0 Å². The van der Waals surface area contributed by atoms with Crippen LogP contribution in [0.15, 0.2) is 24.8 Å². The van der Waals surface area contributed by atoms with Crippen LogP contribution in [0.1, 0.15) is 62.3 Å². The van der Waals surface area contributed by atoms with Crippen LogP contribution >= 0.6 is 22.7 Å². The largest absolute Gasteiger partial charge is 0.465 e. The molecule has 2 aliphatic rings. The fraction of sp³-hybridized carbons (Fsp3) is 0.515. The molecule has 53 heavy (non-hydrogen) atoms. The summed E-state index contributed by atoms with van der Waals surface area (Å²) in [5.74, 6) is 0.737. The van der Waals surface area contributed by atoms with Gasteiger partial charge in [0.1, 0.15) is 45.1 Å². The molecule has 0 spiro atoms. The quantitative estimate of drug-likeness (QED) is 0.116. The number of H-pyrrole nitrogens is 2. The molecule has 0 aromatic carbocycles. The Morgan fingerprint density at radius 3 is 1.72 bits per heavy atom. The van der Waals surface area contributed by atoms with Gasteiger partial charge in [-0.1, -0.05) is 0 Å². The Balaban J connectivity index is 1.12. The Kier molecular flexibility index (Phi) is 12.3. The second-order valence-corrected chi connectivity index (χ2v) is 14.6. The van der Waals surface area contributed by atoms with E-state index in [-0.39, 0.29) is 36.9 Å². The summed E-state index contributed by atoms with van der Waals surface area (Å²) in [6.45, 7) is 1.58. The number of imidazole rings is 2. The van der Waals surface area contributed by atoms with Gasteiger partial charge < -0.3 is 49.7 Å². The summed E-state index contributed by atoms with van der Waals surface area (Å²) in [6, 6.07) is -2.30. The number of carbonyl (C=O) groups excluding carboxylic acids is 3. The summed E-state index contributed by atoms with van der Waals surface area (Å²) >= 11 is 2.93. The summed E-state index contributed by atoms with van der Waals surface area (Å²) < 4.78 is 15.0. The first kappa shape index (κ1) is 37.8. The minimum Gasteiger partial charge on any atom is -0.465 e. The molecule has 4 aromatic heterocycles. The van der Waals surface area contributed by atoms with Gasteiger partial charge in [-0.05, 0) is 25.7 Å². The van der Waals surface area contributed by atoms with E-state index in [1.165, 1.54) is 36.9 Å². The second kappa shape index (κ2) is 17.3. The standard InChI is InChI=1S/C33H42N10O8S2/c1-49-12-8-18(40-32(46)47)30(44)42-10-4-6-22(42)26-34-14-20(38-26)28-36-16-24(52-28)25-17-37-29(53-25)21-15-35-27(39-21)23-7-5-11-43(23)31(45)19(9-13-50-2)41-33(48)51-3/h14-19,22-23,40H,4-13H2,1-3H3,(H,34,38)(H,35,39)(H,41,48)(H,46,47)/t18-,19-,22-,23-/m0/s1. The van der Waals surface area contributed by atoms with E-state index in [4.69, 9.17) is 24.2 Å². The molecule has 0 aliphatic carbocycles. The number of aromatic nitrogens is 6. The highest BCUT2D eigenvalue weighted by molar-refractivity contribution is 7.24. The van der Waals surface area contributed by atoms with E-state index in [0.29, 0.717) is 65.6 Å². The summed E-state index contributed by atoms with van der Waals surface area (Å²) in [4.78, 5) is 80.7. The van der Waals surface area contributed by atoms with Gasteiger partial charge >= 0.3 is 12.2 Å². The second-order valence-electron chi connectivity index (χ2n) is 12.5. The molecule has 4 aromatic rings. The summed E-state index contributed by atoms with van der Waals surface area (Å²) in [7, 11) is 4.30. The minimum absolute atomic E-state index is 0.219. The predicted molar refractivity (Wildman–Crippen MR) is 193 cm³/mol. The van der Waals surface area contributed by atoms with Crippen molar-refractivity contribution >= 4 is 46.7 Å². The maximum Gasteiger partial charge on any atom is 0.407 e. The van der Waals surface area contributed by atoms with E-state index in [1.807, 2.05) is 0 Å². The fourth-order valence-corrected chi connectivity index (χ4v) is 8.43. The topological polar surface area (TPSA) is 230 Å². The van der Waals surface area contributed by atoms with Crippen molar-refractivity contribution in [1.82, 2.24) is 50.3 Å². The van der Waals surface area contributed by atoms with Gasteiger partial charge in [-0.3, -0.25) is 9.59 Å². The molecule has 4 amide bonds. The lowest BCUT2D eigenvalue weighted by molar-refractivity contribution is -0.135. The highest BCUT2D eigenvalue weighted by Gasteiger charge is 2.38. The SMILES string of the molecule is COCC[C@H](NC(=O)O)C(=O)N1CCC[C@H]1c1nc(-c2ncc(-c3cnc(-c4c[nH]c([C@@H]5CCCN5C(=O)[C@H](CCOC)NC(=O)OC)n4)s3)s2)c[nH]1. The molecule has 0 unspecified atom stereocenters. The number of aromatic amines is 2. The number of thiazole rings is 2. The fourth-order valence-electron chi connectivity index (χ4n) is 6.61. The molecule has 18 nitrogen and oxygen atoms in total. The van der Waals surface area contributed by atoms with Crippen molar-refractivity contribution in [2.24, 2.45) is 0 Å². The van der Waals surface area contributed by atoms with Gasteiger partial charge in [-0.25, -0.2) is 29.5 Å². The van der Waals surface area contributed by atoms with Crippen molar-refractivity contribution in [2.45, 2.75) is 62.7 Å². The Hall–Kier alpha value is -4.92. The third-order valence-corrected chi connectivity index (χ3v) is 11.4. The van der Waals surface area contributed by atoms with Gasteiger partial charge in [0, 0.05) is 78.2 Å². The van der Waals surface area contributed by atoms with Crippen LogP contribution in [-0.4, -0.2) is 129 Å². The molecule has 20 heteroatoms. The number of methoxy groups -OCH3 is 3. The Morgan fingerprint density at radius 2 is 1.28 bits per heavy atom. The highest BCUT2D eigenvalue weighted by Crippen LogP contribution is 2.39. The van der Waals surface area contributed by atoms with Crippen LogP contribution in [0.4, 0.5) is 9.59 Å². The number of ether oxygens (including phenoxy) is 3. The molecular formula is C33H42N10O8S2. The van der Waals surface area contributed by atoms with Gasteiger partial charge in [-0.2, -0.15) is 0 Å². The van der Waals surface area contributed by atoms with Crippen molar-refractivity contribution < 1.29 is 38.5 Å². The molecule has 284 valence electrons. The Morgan fingerprint density at radius 1 is 0.811 bits per heavy atom. The third-order valence-electron chi connectivity index (χ3n) is 9.18. The molecular weight excluding hydrogens is 729 g/mol. The molecule has 2 saturated heterocycles. The van der Waals surface area contributed by atoms with Gasteiger partial charge in [0.05, 0.1) is 28.9 Å². The number of carboxylic acid groups (broad SMARTS) is 1. The first-order valence-corrected chi connectivity index (χ1v) is 18.8. The average molecular weight is 771 g/mol. The maximum atomic E-state index is 13.5. The van der Waals surface area contributed by atoms with E-state index in [9.17, 15) is 24.3 Å². The van der Waals surface area contributed by atoms with Crippen molar-refractivity contribution in [2.75, 3.05) is 47.6 Å². The van der Waals surface area contributed by atoms with Gasteiger partial charge in [0.15, 0.2) is 0 Å². The Labute approximate surface area is 312 Å². The van der Waals surface area contributed by atoms with Crippen LogP contribution in [0.5, 0.6) is 0 Å². The van der Waals surface area contributed by atoms with Crippen LogP contribution in [0.25, 0.3) is 31.2 Å². The smallest absolute Gasteiger partial charge is 0.407 e. The third kappa shape index (κ3) is 8.66. The summed E-state index contributed by atoms with van der Waals surface area (Å²) in [5.41, 5.74) is 1.29. The number of likely N-dealkylation sites (tertiary alicyclic amines) is 2.